The Morgan fingerprint density at radius 1 is 0.750 bits per heavy atom. The van der Waals surface area contributed by atoms with Crippen molar-refractivity contribution in [3.05, 3.63) is 54.6 Å². The van der Waals surface area contributed by atoms with Crippen LogP contribution in [0.1, 0.15) is 32.6 Å². The van der Waals surface area contributed by atoms with Gasteiger partial charge >= 0.3 is 0 Å². The summed E-state index contributed by atoms with van der Waals surface area (Å²) in [6.45, 7) is 3.38. The maximum atomic E-state index is 2.49. The first-order valence-electron chi connectivity index (χ1n) is 7.70. The molecular weight excluding hydrogens is 242 g/mol. The highest BCUT2D eigenvalue weighted by atomic mass is 15.0. The van der Waals surface area contributed by atoms with Crippen LogP contribution in [0.4, 0.5) is 0 Å². The van der Waals surface area contributed by atoms with Crippen molar-refractivity contribution >= 4 is 21.8 Å². The van der Waals surface area contributed by atoms with E-state index in [1.165, 1.54) is 47.5 Å². The third-order valence-electron chi connectivity index (χ3n) is 4.00. The van der Waals surface area contributed by atoms with E-state index in [-0.39, 0.29) is 0 Å². The van der Waals surface area contributed by atoms with Crippen LogP contribution in [0.25, 0.3) is 21.8 Å². The van der Waals surface area contributed by atoms with Crippen LogP contribution in [0, 0.1) is 0 Å². The Kier molecular flexibility index (Phi) is 3.96. The van der Waals surface area contributed by atoms with Gasteiger partial charge in [0.2, 0.25) is 11.0 Å². The topological polar surface area (TPSA) is 3.88 Å². The zero-order chi connectivity index (χ0) is 13.8. The van der Waals surface area contributed by atoms with Crippen molar-refractivity contribution in [3.63, 3.8) is 0 Å². The molecule has 0 bridgehead atoms. The SMILES string of the molecule is CCCCCC[n+]1c2ccccc2cc2ccccc21. The average molecular weight is 264 g/mol. The molecule has 0 saturated heterocycles. The standard InChI is InChI=1S/C19H22N/c1-2-3-4-9-14-20-18-12-7-5-10-16(18)15-17-11-6-8-13-19(17)20/h5-8,10-13,15H,2-4,9,14H2,1H3/q+1. The number of aryl methyl sites for hydroxylation is 1. The molecule has 0 fully saturated rings. The Hall–Kier alpha value is -1.89. The van der Waals surface area contributed by atoms with Gasteiger partial charge in [0, 0.05) is 29.3 Å². The summed E-state index contributed by atoms with van der Waals surface area (Å²) in [5.74, 6) is 0. The Balaban J connectivity index is 2.08. The maximum absolute atomic E-state index is 2.49. The van der Waals surface area contributed by atoms with Crippen molar-refractivity contribution in [2.45, 2.75) is 39.2 Å². The Morgan fingerprint density at radius 2 is 1.35 bits per heavy atom. The van der Waals surface area contributed by atoms with Gasteiger partial charge in [0.05, 0.1) is 0 Å². The molecule has 1 nitrogen and oxygen atoms in total. The molecule has 1 aromatic heterocycles. The second kappa shape index (κ2) is 6.04. The van der Waals surface area contributed by atoms with Gasteiger partial charge in [-0.15, -0.1) is 0 Å². The molecule has 0 aliphatic rings. The molecule has 3 rings (SSSR count). The summed E-state index contributed by atoms with van der Waals surface area (Å²) in [7, 11) is 0. The van der Waals surface area contributed by atoms with Crippen molar-refractivity contribution < 1.29 is 4.57 Å². The number of fused-ring (bicyclic) bond motifs is 2. The molecule has 1 heteroatoms. The van der Waals surface area contributed by atoms with Crippen LogP contribution in [-0.4, -0.2) is 0 Å². The Bertz CT molecular complexity index is 661. The Morgan fingerprint density at radius 3 is 1.95 bits per heavy atom. The molecule has 0 radical (unpaired) electrons. The van der Waals surface area contributed by atoms with Gasteiger partial charge in [-0.25, -0.2) is 0 Å². The van der Waals surface area contributed by atoms with Crippen molar-refractivity contribution in [1.29, 1.82) is 0 Å². The van der Waals surface area contributed by atoms with Gasteiger partial charge in [-0.1, -0.05) is 44.0 Å². The molecular formula is C19H22N+. The van der Waals surface area contributed by atoms with Crippen molar-refractivity contribution in [2.75, 3.05) is 0 Å². The lowest BCUT2D eigenvalue weighted by Gasteiger charge is -2.06. The van der Waals surface area contributed by atoms with E-state index in [0.717, 1.165) is 6.54 Å². The summed E-state index contributed by atoms with van der Waals surface area (Å²) in [6.07, 6.45) is 5.21. The minimum absolute atomic E-state index is 1.11. The predicted molar refractivity (Wildman–Crippen MR) is 85.8 cm³/mol. The fourth-order valence-electron chi connectivity index (χ4n) is 2.95. The number of unbranched alkanes of at least 4 members (excludes halogenated alkanes) is 3. The van der Waals surface area contributed by atoms with Crippen LogP contribution >= 0.6 is 0 Å². The van der Waals surface area contributed by atoms with E-state index in [1.807, 2.05) is 0 Å². The summed E-state index contributed by atoms with van der Waals surface area (Å²) in [5, 5.41) is 2.67. The number of benzene rings is 2. The lowest BCUT2D eigenvalue weighted by atomic mass is 10.1. The monoisotopic (exact) mass is 264 g/mol. The van der Waals surface area contributed by atoms with Crippen LogP contribution in [0.15, 0.2) is 54.6 Å². The number of rotatable bonds is 5. The van der Waals surface area contributed by atoms with E-state index in [2.05, 4.69) is 66.1 Å². The number of pyridine rings is 1. The minimum Gasteiger partial charge on any atom is -0.191 e. The highest BCUT2D eigenvalue weighted by molar-refractivity contribution is 5.88. The zero-order valence-electron chi connectivity index (χ0n) is 12.2. The third kappa shape index (κ3) is 2.53. The quantitative estimate of drug-likeness (QED) is 0.352. The fourth-order valence-corrected chi connectivity index (χ4v) is 2.95. The minimum atomic E-state index is 1.11. The number of hydrogen-bond donors (Lipinski definition) is 0. The number of aromatic nitrogens is 1. The van der Waals surface area contributed by atoms with E-state index in [4.69, 9.17) is 0 Å². The predicted octanol–water partition coefficient (Wildman–Crippen LogP) is 4.86. The molecule has 2 aromatic carbocycles. The lowest BCUT2D eigenvalue weighted by Crippen LogP contribution is -2.35. The molecule has 0 amide bonds. The van der Waals surface area contributed by atoms with Crippen molar-refractivity contribution in [3.8, 4) is 0 Å². The summed E-state index contributed by atoms with van der Waals surface area (Å²) < 4.78 is 2.49. The van der Waals surface area contributed by atoms with Crippen molar-refractivity contribution in [1.82, 2.24) is 0 Å². The number of para-hydroxylation sites is 2. The first-order valence-corrected chi connectivity index (χ1v) is 7.70. The molecule has 0 N–H and O–H groups in total. The first kappa shape index (κ1) is 13.1. The molecule has 3 aromatic rings. The molecule has 102 valence electrons. The molecule has 0 unspecified atom stereocenters. The number of nitrogens with zero attached hydrogens (tertiary/aromatic N) is 1. The van der Waals surface area contributed by atoms with Crippen LogP contribution in [-0.2, 0) is 6.54 Å². The molecule has 0 atom stereocenters. The first-order chi connectivity index (χ1) is 9.90. The van der Waals surface area contributed by atoms with Gasteiger partial charge < -0.3 is 0 Å². The van der Waals surface area contributed by atoms with E-state index < -0.39 is 0 Å². The van der Waals surface area contributed by atoms with E-state index in [9.17, 15) is 0 Å². The lowest BCUT2D eigenvalue weighted by molar-refractivity contribution is -0.645. The maximum Gasteiger partial charge on any atom is 0.212 e. The summed E-state index contributed by atoms with van der Waals surface area (Å²) in [4.78, 5) is 0. The molecule has 20 heavy (non-hydrogen) atoms. The van der Waals surface area contributed by atoms with Crippen LogP contribution < -0.4 is 4.57 Å². The smallest absolute Gasteiger partial charge is 0.191 e. The second-order valence-corrected chi connectivity index (χ2v) is 5.47. The molecule has 0 aliphatic heterocycles. The number of hydrogen-bond acceptors (Lipinski definition) is 0. The fraction of sp³-hybridized carbons (Fsp3) is 0.316. The normalized spacial score (nSPS) is 11.2. The largest absolute Gasteiger partial charge is 0.212 e. The summed E-state index contributed by atoms with van der Waals surface area (Å²) in [5.41, 5.74) is 2.70. The van der Waals surface area contributed by atoms with Crippen molar-refractivity contribution in [2.24, 2.45) is 0 Å². The van der Waals surface area contributed by atoms with Gasteiger partial charge in [-0.2, -0.15) is 4.57 Å². The average Bonchev–Trinajstić information content (AvgIpc) is 2.50. The summed E-state index contributed by atoms with van der Waals surface area (Å²) >= 11 is 0. The molecule has 0 aliphatic carbocycles. The van der Waals surface area contributed by atoms with Gasteiger partial charge in [0.1, 0.15) is 6.54 Å². The molecule has 1 heterocycles. The van der Waals surface area contributed by atoms with Gasteiger partial charge in [0.25, 0.3) is 0 Å². The van der Waals surface area contributed by atoms with Gasteiger partial charge in [-0.3, -0.25) is 0 Å². The van der Waals surface area contributed by atoms with Crippen LogP contribution in [0.5, 0.6) is 0 Å². The Labute approximate surface area is 120 Å². The van der Waals surface area contributed by atoms with E-state index >= 15 is 0 Å². The van der Waals surface area contributed by atoms with E-state index in [0.29, 0.717) is 0 Å². The van der Waals surface area contributed by atoms with Crippen LogP contribution in [0.2, 0.25) is 0 Å². The third-order valence-corrected chi connectivity index (χ3v) is 4.00. The van der Waals surface area contributed by atoms with Gasteiger partial charge in [-0.05, 0) is 24.6 Å². The summed E-state index contributed by atoms with van der Waals surface area (Å²) in [6, 6.07) is 19.7. The highest BCUT2D eigenvalue weighted by Crippen LogP contribution is 2.18. The van der Waals surface area contributed by atoms with Gasteiger partial charge in [0.15, 0.2) is 0 Å². The zero-order valence-corrected chi connectivity index (χ0v) is 12.2. The molecule has 0 saturated carbocycles. The van der Waals surface area contributed by atoms with E-state index in [1.54, 1.807) is 0 Å². The highest BCUT2D eigenvalue weighted by Gasteiger charge is 2.13. The van der Waals surface area contributed by atoms with Crippen LogP contribution in [0.3, 0.4) is 0 Å². The molecule has 0 spiro atoms. The second-order valence-electron chi connectivity index (χ2n) is 5.47.